The van der Waals surface area contributed by atoms with Gasteiger partial charge in [-0.3, -0.25) is 14.5 Å². The van der Waals surface area contributed by atoms with Gasteiger partial charge in [-0.1, -0.05) is 49.2 Å². The molecule has 9 heteroatoms. The first-order chi connectivity index (χ1) is 20.0. The molecule has 2 heterocycles. The molecule has 1 saturated carbocycles. The number of carbonyl (C=O) groups excluding carboxylic acids is 2. The number of esters is 1. The van der Waals surface area contributed by atoms with E-state index in [1.807, 2.05) is 17.0 Å². The van der Waals surface area contributed by atoms with Crippen molar-refractivity contribution in [1.29, 1.82) is 0 Å². The summed E-state index contributed by atoms with van der Waals surface area (Å²) in [6.45, 7) is 11.8. The molecule has 224 valence electrons. The number of hydrogen-bond acceptors (Lipinski definition) is 6. The quantitative estimate of drug-likeness (QED) is 0.226. The minimum Gasteiger partial charge on any atom is -0.504 e. The molecule has 0 radical (unpaired) electrons. The maximum atomic E-state index is 14.1. The SMILES string of the molecule is C=CCN1CC[C@]23c4c5c(OC(C)=O)cc(O)c4O[C@H]2[C@H](N(CC(C)C)C(=O)Cc2ccc(Cl)c(Cl)c2)CC[C@H]3[C@H]1C5. The molecule has 0 aromatic heterocycles. The molecule has 1 N–H and O–H groups in total. The highest BCUT2D eigenvalue weighted by molar-refractivity contribution is 6.42. The van der Waals surface area contributed by atoms with Crippen molar-refractivity contribution in [2.45, 2.75) is 76.5 Å². The molecule has 7 nitrogen and oxygen atoms in total. The number of likely N-dealkylation sites (tertiary alicyclic amines) is 1. The zero-order valence-corrected chi connectivity index (χ0v) is 25.9. The van der Waals surface area contributed by atoms with Crippen LogP contribution in [0.1, 0.15) is 56.7 Å². The number of aromatic hydroxyl groups is 1. The number of amides is 1. The molecule has 4 aliphatic rings. The number of carbonyl (C=O) groups is 2. The first kappa shape index (κ1) is 29.3. The van der Waals surface area contributed by atoms with E-state index in [1.165, 1.54) is 13.0 Å². The molecule has 1 saturated heterocycles. The Morgan fingerprint density at radius 2 is 2.05 bits per heavy atom. The molecular formula is C33H38Cl2N2O5. The Hall–Kier alpha value is -2.74. The van der Waals surface area contributed by atoms with Gasteiger partial charge in [-0.2, -0.15) is 0 Å². The van der Waals surface area contributed by atoms with Gasteiger partial charge in [0.15, 0.2) is 11.5 Å². The second kappa shape index (κ2) is 11.1. The Balaban J connectivity index is 1.43. The van der Waals surface area contributed by atoms with E-state index in [0.29, 0.717) is 34.5 Å². The molecule has 2 aliphatic carbocycles. The van der Waals surface area contributed by atoms with E-state index in [2.05, 4.69) is 25.3 Å². The van der Waals surface area contributed by atoms with Crippen LogP contribution in [-0.2, 0) is 27.8 Å². The molecule has 1 amide bonds. The van der Waals surface area contributed by atoms with Gasteiger partial charge in [-0.25, -0.2) is 0 Å². The van der Waals surface area contributed by atoms with Crippen LogP contribution in [0, 0.1) is 11.8 Å². The average molecular weight is 614 g/mol. The van der Waals surface area contributed by atoms with E-state index in [-0.39, 0.29) is 48.1 Å². The molecular weight excluding hydrogens is 575 g/mol. The largest absolute Gasteiger partial charge is 0.504 e. The summed E-state index contributed by atoms with van der Waals surface area (Å²) < 4.78 is 12.5. The number of benzene rings is 2. The third-order valence-electron chi connectivity index (χ3n) is 9.73. The summed E-state index contributed by atoms with van der Waals surface area (Å²) in [5.74, 6) is 0.988. The minimum atomic E-state index is -0.425. The van der Waals surface area contributed by atoms with E-state index >= 15 is 0 Å². The van der Waals surface area contributed by atoms with Crippen LogP contribution in [0.3, 0.4) is 0 Å². The van der Waals surface area contributed by atoms with Crippen molar-refractivity contribution in [2.75, 3.05) is 19.6 Å². The fraction of sp³-hybridized carbons (Fsp3) is 0.515. The van der Waals surface area contributed by atoms with E-state index in [0.717, 1.165) is 49.0 Å². The van der Waals surface area contributed by atoms with Crippen molar-refractivity contribution in [3.05, 3.63) is 63.7 Å². The van der Waals surface area contributed by atoms with Crippen molar-refractivity contribution in [2.24, 2.45) is 11.8 Å². The fourth-order valence-electron chi connectivity index (χ4n) is 8.35. The Morgan fingerprint density at radius 3 is 2.74 bits per heavy atom. The van der Waals surface area contributed by atoms with Crippen LogP contribution in [0.25, 0.3) is 0 Å². The van der Waals surface area contributed by atoms with E-state index in [1.54, 1.807) is 12.1 Å². The van der Waals surface area contributed by atoms with Gasteiger partial charge in [0.25, 0.3) is 0 Å². The number of phenolic OH excluding ortho intramolecular Hbond substituents is 1. The first-order valence-corrected chi connectivity index (χ1v) is 15.6. The van der Waals surface area contributed by atoms with Gasteiger partial charge >= 0.3 is 5.97 Å². The lowest BCUT2D eigenvalue weighted by Gasteiger charge is -2.60. The van der Waals surface area contributed by atoms with Crippen molar-refractivity contribution < 1.29 is 24.2 Å². The Bertz CT molecular complexity index is 1440. The number of nitrogens with zero attached hydrogens (tertiary/aromatic N) is 2. The van der Waals surface area contributed by atoms with Gasteiger partial charge in [-0.05, 0) is 61.8 Å². The highest BCUT2D eigenvalue weighted by atomic mass is 35.5. The topological polar surface area (TPSA) is 79.3 Å². The predicted octanol–water partition coefficient (Wildman–Crippen LogP) is 5.95. The van der Waals surface area contributed by atoms with Crippen LogP contribution >= 0.6 is 23.2 Å². The first-order valence-electron chi connectivity index (χ1n) is 14.9. The maximum absolute atomic E-state index is 14.1. The van der Waals surface area contributed by atoms with Crippen LogP contribution in [-0.4, -0.2) is 64.6 Å². The molecule has 2 aromatic carbocycles. The number of phenols is 1. The highest BCUT2D eigenvalue weighted by Gasteiger charge is 2.67. The van der Waals surface area contributed by atoms with Crippen molar-refractivity contribution >= 4 is 35.1 Å². The summed E-state index contributed by atoms with van der Waals surface area (Å²) in [4.78, 5) is 30.7. The summed E-state index contributed by atoms with van der Waals surface area (Å²) >= 11 is 12.4. The van der Waals surface area contributed by atoms with E-state index in [4.69, 9.17) is 32.7 Å². The maximum Gasteiger partial charge on any atom is 0.308 e. The normalized spacial score (nSPS) is 27.3. The molecule has 2 aromatic rings. The molecule has 5 atom stereocenters. The number of hydrogen-bond donors (Lipinski definition) is 1. The smallest absolute Gasteiger partial charge is 0.308 e. The summed E-state index contributed by atoms with van der Waals surface area (Å²) in [6.07, 6.45) is 5.09. The summed E-state index contributed by atoms with van der Waals surface area (Å²) in [5, 5.41) is 12.1. The third kappa shape index (κ3) is 4.68. The van der Waals surface area contributed by atoms with Gasteiger partial charge < -0.3 is 19.5 Å². The second-order valence-corrected chi connectivity index (χ2v) is 13.5. The molecule has 1 spiro atoms. The van der Waals surface area contributed by atoms with Crippen molar-refractivity contribution in [3.8, 4) is 17.2 Å². The molecule has 2 bridgehead atoms. The van der Waals surface area contributed by atoms with Gasteiger partial charge in [0, 0.05) is 48.7 Å². The van der Waals surface area contributed by atoms with Gasteiger partial charge in [0.2, 0.25) is 5.91 Å². The van der Waals surface area contributed by atoms with Crippen LogP contribution in [0.15, 0.2) is 36.9 Å². The lowest BCUT2D eigenvalue weighted by atomic mass is 9.50. The Morgan fingerprint density at radius 1 is 1.26 bits per heavy atom. The standard InChI is InChI=1S/C33H38Cl2N2O5/c1-5-11-36-12-10-33-22-7-9-25(37(17-18(2)3)29(40)14-20-6-8-23(34)24(35)13-20)32(33)42-31-27(39)16-28(41-19(4)38)21(30(31)33)15-26(22)36/h5-6,8,13,16,18,22,25-26,32,39H,1,7,9-12,14-15,17H2,2-4H3/t22-,25+,26+,32-,33-/m0/s1. The molecule has 42 heavy (non-hydrogen) atoms. The number of halogens is 2. The second-order valence-electron chi connectivity index (χ2n) is 12.7. The Kier molecular flexibility index (Phi) is 7.73. The van der Waals surface area contributed by atoms with Crippen molar-refractivity contribution in [3.63, 3.8) is 0 Å². The summed E-state index contributed by atoms with van der Waals surface area (Å²) in [6, 6.07) is 6.89. The number of piperidine rings is 1. The lowest BCUT2D eigenvalue weighted by Crippen LogP contribution is -2.69. The zero-order valence-electron chi connectivity index (χ0n) is 24.4. The van der Waals surface area contributed by atoms with Gasteiger partial charge in [0.1, 0.15) is 11.9 Å². The molecule has 6 rings (SSSR count). The average Bonchev–Trinajstić information content (AvgIpc) is 3.27. The number of ether oxygens (including phenoxy) is 2. The number of rotatable bonds is 8. The van der Waals surface area contributed by atoms with Crippen LogP contribution in [0.2, 0.25) is 10.0 Å². The van der Waals surface area contributed by atoms with E-state index < -0.39 is 11.4 Å². The molecule has 2 aliphatic heterocycles. The monoisotopic (exact) mass is 612 g/mol. The van der Waals surface area contributed by atoms with Crippen LogP contribution in [0.4, 0.5) is 0 Å². The van der Waals surface area contributed by atoms with Crippen molar-refractivity contribution in [1.82, 2.24) is 9.80 Å². The predicted molar refractivity (Wildman–Crippen MR) is 163 cm³/mol. The molecule has 2 fully saturated rings. The zero-order chi connectivity index (χ0) is 29.9. The van der Waals surface area contributed by atoms with Gasteiger partial charge in [-0.15, -0.1) is 6.58 Å². The van der Waals surface area contributed by atoms with Crippen LogP contribution < -0.4 is 9.47 Å². The van der Waals surface area contributed by atoms with Gasteiger partial charge in [0.05, 0.1) is 22.5 Å². The lowest BCUT2D eigenvalue weighted by molar-refractivity contribution is -0.143. The minimum absolute atomic E-state index is 0.0167. The highest BCUT2D eigenvalue weighted by Crippen LogP contribution is 2.65. The molecule has 0 unspecified atom stereocenters. The fourth-order valence-corrected chi connectivity index (χ4v) is 8.67. The summed E-state index contributed by atoms with van der Waals surface area (Å²) in [5.41, 5.74) is 2.33. The Labute approximate surface area is 257 Å². The van der Waals surface area contributed by atoms with Crippen LogP contribution in [0.5, 0.6) is 17.2 Å². The van der Waals surface area contributed by atoms with E-state index in [9.17, 15) is 14.7 Å². The summed E-state index contributed by atoms with van der Waals surface area (Å²) in [7, 11) is 0. The third-order valence-corrected chi connectivity index (χ3v) is 10.5.